The van der Waals surface area contributed by atoms with Crippen molar-refractivity contribution in [1.82, 2.24) is 9.97 Å². The number of nitrogens with zero attached hydrogens (tertiary/aromatic N) is 1. The topological polar surface area (TPSA) is 95.1 Å². The number of pyridine rings is 2. The highest BCUT2D eigenvalue weighted by Gasteiger charge is 2.18. The molecule has 3 N–H and O–H groups in total. The molecule has 1 aromatic carbocycles. The van der Waals surface area contributed by atoms with Gasteiger partial charge in [-0.15, -0.1) is 0 Å². The van der Waals surface area contributed by atoms with Gasteiger partial charge in [0.05, 0.1) is 11.2 Å². The van der Waals surface area contributed by atoms with E-state index >= 15 is 0 Å². The Hall–Kier alpha value is -2.86. The first-order valence-corrected chi connectivity index (χ1v) is 6.71. The number of aromatic amines is 1. The molecule has 3 aromatic rings. The minimum atomic E-state index is -0.671. The number of para-hydroxylation sites is 1. The predicted molar refractivity (Wildman–Crippen MR) is 83.4 cm³/mol. The average Bonchev–Trinajstić information content (AvgIpc) is 2.49. The lowest BCUT2D eigenvalue weighted by Gasteiger charge is -2.07. The van der Waals surface area contributed by atoms with Crippen molar-refractivity contribution in [3.8, 4) is 5.75 Å². The van der Waals surface area contributed by atoms with Gasteiger partial charge in [0.2, 0.25) is 0 Å². The molecule has 0 atom stereocenters. The second kappa shape index (κ2) is 5.50. The summed E-state index contributed by atoms with van der Waals surface area (Å²) in [6.45, 7) is 0. The fourth-order valence-electron chi connectivity index (χ4n) is 2.04. The predicted octanol–water partition coefficient (Wildman–Crippen LogP) is 2.53. The van der Waals surface area contributed by atoms with E-state index in [1.165, 1.54) is 18.3 Å². The minimum Gasteiger partial charge on any atom is -0.506 e. The summed E-state index contributed by atoms with van der Waals surface area (Å²) in [5, 5.41) is 12.3. The Labute approximate surface area is 129 Å². The molecule has 1 amide bonds. The van der Waals surface area contributed by atoms with Gasteiger partial charge in [-0.25, -0.2) is 4.98 Å². The van der Waals surface area contributed by atoms with Crippen molar-refractivity contribution in [2.24, 2.45) is 0 Å². The molecule has 0 unspecified atom stereocenters. The van der Waals surface area contributed by atoms with Gasteiger partial charge < -0.3 is 15.4 Å². The van der Waals surface area contributed by atoms with Crippen LogP contribution in [0.15, 0.2) is 47.4 Å². The van der Waals surface area contributed by atoms with Gasteiger partial charge in [0.1, 0.15) is 17.1 Å². The molecule has 22 heavy (non-hydrogen) atoms. The molecule has 2 heterocycles. The number of benzene rings is 1. The van der Waals surface area contributed by atoms with Crippen LogP contribution >= 0.6 is 11.6 Å². The normalized spacial score (nSPS) is 10.6. The Balaban J connectivity index is 2.04. The Kier molecular flexibility index (Phi) is 3.52. The number of hydrogen-bond donors (Lipinski definition) is 3. The van der Waals surface area contributed by atoms with Crippen molar-refractivity contribution >= 4 is 34.2 Å². The van der Waals surface area contributed by atoms with Gasteiger partial charge in [-0.3, -0.25) is 9.59 Å². The molecule has 0 saturated heterocycles. The van der Waals surface area contributed by atoms with Crippen molar-refractivity contribution in [1.29, 1.82) is 0 Å². The zero-order chi connectivity index (χ0) is 15.7. The lowest BCUT2D eigenvalue weighted by molar-refractivity contribution is 0.102. The first-order chi connectivity index (χ1) is 10.6. The van der Waals surface area contributed by atoms with Crippen LogP contribution in [0.2, 0.25) is 5.02 Å². The van der Waals surface area contributed by atoms with Crippen molar-refractivity contribution in [3.05, 3.63) is 63.5 Å². The number of amides is 1. The molecule has 0 radical (unpaired) electrons. The quantitative estimate of drug-likeness (QED) is 0.677. The molecule has 2 aromatic heterocycles. The van der Waals surface area contributed by atoms with Crippen LogP contribution in [0.25, 0.3) is 10.9 Å². The van der Waals surface area contributed by atoms with Gasteiger partial charge in [-0.1, -0.05) is 29.8 Å². The summed E-state index contributed by atoms with van der Waals surface area (Å²) in [6, 6.07) is 9.71. The second-order valence-electron chi connectivity index (χ2n) is 4.54. The molecule has 7 heteroatoms. The molecule has 0 bridgehead atoms. The van der Waals surface area contributed by atoms with Crippen LogP contribution in [0.1, 0.15) is 10.4 Å². The number of carbonyl (C=O) groups excluding carboxylic acids is 1. The summed E-state index contributed by atoms with van der Waals surface area (Å²) in [5.74, 6) is -0.499. The van der Waals surface area contributed by atoms with E-state index in [9.17, 15) is 9.59 Å². The van der Waals surface area contributed by atoms with Crippen molar-refractivity contribution < 1.29 is 9.90 Å². The molecule has 0 aliphatic rings. The van der Waals surface area contributed by atoms with Crippen LogP contribution in [-0.4, -0.2) is 21.0 Å². The molecular weight excluding hydrogens is 306 g/mol. The number of H-pyrrole nitrogens is 1. The number of aromatic hydroxyl groups is 1. The second-order valence-corrected chi connectivity index (χ2v) is 4.92. The highest BCUT2D eigenvalue weighted by atomic mass is 35.5. The molecule has 110 valence electrons. The van der Waals surface area contributed by atoms with Crippen molar-refractivity contribution in [2.75, 3.05) is 5.32 Å². The van der Waals surface area contributed by atoms with Crippen molar-refractivity contribution in [3.63, 3.8) is 0 Å². The summed E-state index contributed by atoms with van der Waals surface area (Å²) in [6.07, 6.45) is 1.18. The van der Waals surface area contributed by atoms with E-state index in [0.717, 1.165) is 0 Å². The number of rotatable bonds is 2. The number of nitrogens with one attached hydrogen (secondary N) is 2. The van der Waals surface area contributed by atoms with Crippen LogP contribution in [-0.2, 0) is 0 Å². The van der Waals surface area contributed by atoms with Crippen LogP contribution in [0.3, 0.4) is 0 Å². The standard InChI is InChI=1S/C15H10ClN3O3/c16-13-9-3-1-2-4-10(9)18-14(21)12(13)15(22)19-11-6-5-8(20)7-17-11/h1-7,20H,(H,18,21)(H,17,19,22). The average molecular weight is 316 g/mol. The Morgan fingerprint density at radius 2 is 2.00 bits per heavy atom. The first-order valence-electron chi connectivity index (χ1n) is 6.33. The summed E-state index contributed by atoms with van der Waals surface area (Å²) in [7, 11) is 0. The maximum absolute atomic E-state index is 12.3. The molecule has 6 nitrogen and oxygen atoms in total. The van der Waals surface area contributed by atoms with E-state index in [2.05, 4.69) is 15.3 Å². The smallest absolute Gasteiger partial charge is 0.263 e. The molecular formula is C15H10ClN3O3. The van der Waals surface area contributed by atoms with Crippen LogP contribution in [0, 0.1) is 0 Å². The molecule has 0 fully saturated rings. The summed E-state index contributed by atoms with van der Waals surface area (Å²) >= 11 is 6.19. The van der Waals surface area contributed by atoms with E-state index in [1.54, 1.807) is 24.3 Å². The Morgan fingerprint density at radius 3 is 2.73 bits per heavy atom. The van der Waals surface area contributed by atoms with Gasteiger partial charge in [-0.05, 0) is 18.2 Å². The molecule has 0 aliphatic carbocycles. The van der Waals surface area contributed by atoms with Gasteiger partial charge in [-0.2, -0.15) is 0 Å². The number of fused-ring (bicyclic) bond motifs is 1. The lowest BCUT2D eigenvalue weighted by atomic mass is 10.1. The van der Waals surface area contributed by atoms with Crippen LogP contribution < -0.4 is 10.9 Å². The fraction of sp³-hybridized carbons (Fsp3) is 0. The van der Waals surface area contributed by atoms with Crippen LogP contribution in [0.5, 0.6) is 5.75 Å². The largest absolute Gasteiger partial charge is 0.506 e. The van der Waals surface area contributed by atoms with Gasteiger partial charge in [0.25, 0.3) is 11.5 Å². The third-order valence-corrected chi connectivity index (χ3v) is 3.47. The first kappa shape index (κ1) is 14.1. The Morgan fingerprint density at radius 1 is 1.23 bits per heavy atom. The lowest BCUT2D eigenvalue weighted by Crippen LogP contribution is -2.24. The van der Waals surface area contributed by atoms with E-state index in [-0.39, 0.29) is 22.2 Å². The molecule has 0 spiro atoms. The number of halogens is 1. The van der Waals surface area contributed by atoms with Crippen LogP contribution in [0.4, 0.5) is 5.82 Å². The number of anilines is 1. The molecule has 0 aliphatic heterocycles. The van der Waals surface area contributed by atoms with Gasteiger partial charge in [0.15, 0.2) is 0 Å². The zero-order valence-electron chi connectivity index (χ0n) is 11.1. The zero-order valence-corrected chi connectivity index (χ0v) is 11.9. The molecule has 0 saturated carbocycles. The monoisotopic (exact) mass is 315 g/mol. The summed E-state index contributed by atoms with van der Waals surface area (Å²) in [4.78, 5) is 30.8. The maximum atomic E-state index is 12.3. The maximum Gasteiger partial charge on any atom is 0.263 e. The number of aromatic nitrogens is 2. The molecule has 3 rings (SSSR count). The third kappa shape index (κ3) is 2.51. The fourth-order valence-corrected chi connectivity index (χ4v) is 2.38. The van der Waals surface area contributed by atoms with E-state index in [4.69, 9.17) is 16.7 Å². The third-order valence-electron chi connectivity index (χ3n) is 3.07. The number of hydrogen-bond acceptors (Lipinski definition) is 4. The minimum absolute atomic E-state index is 0.0282. The van der Waals surface area contributed by atoms with E-state index in [1.807, 2.05) is 0 Å². The summed E-state index contributed by atoms with van der Waals surface area (Å²) < 4.78 is 0. The highest BCUT2D eigenvalue weighted by molar-refractivity contribution is 6.38. The van der Waals surface area contributed by atoms with E-state index in [0.29, 0.717) is 10.9 Å². The Bertz CT molecular complexity index is 919. The van der Waals surface area contributed by atoms with Gasteiger partial charge >= 0.3 is 0 Å². The number of carbonyl (C=O) groups is 1. The van der Waals surface area contributed by atoms with E-state index < -0.39 is 11.5 Å². The van der Waals surface area contributed by atoms with Gasteiger partial charge in [0, 0.05) is 10.9 Å². The SMILES string of the molecule is O=C(Nc1ccc(O)cn1)c1c(Cl)c2ccccc2[nH]c1=O. The summed E-state index contributed by atoms with van der Waals surface area (Å²) in [5.41, 5.74) is -0.216. The highest BCUT2D eigenvalue weighted by Crippen LogP contribution is 2.23. The van der Waals surface area contributed by atoms with Crippen molar-refractivity contribution in [2.45, 2.75) is 0 Å².